The first kappa shape index (κ1) is 18.4. The van der Waals surface area contributed by atoms with Crippen molar-refractivity contribution in [1.29, 1.82) is 0 Å². The van der Waals surface area contributed by atoms with Gasteiger partial charge in [0.25, 0.3) is 0 Å². The number of amides is 2. The lowest BCUT2D eigenvalue weighted by molar-refractivity contribution is -0.144. The normalized spacial score (nSPS) is 25.5. The highest BCUT2D eigenvalue weighted by atomic mass is 16.4. The van der Waals surface area contributed by atoms with Crippen molar-refractivity contribution in [2.24, 2.45) is 0 Å². The summed E-state index contributed by atoms with van der Waals surface area (Å²) in [6.45, 7) is 5.98. The fourth-order valence-electron chi connectivity index (χ4n) is 3.55. The number of hydrogen-bond donors (Lipinski definition) is 1. The third-order valence-electron chi connectivity index (χ3n) is 5.05. The van der Waals surface area contributed by atoms with Crippen LogP contribution < -0.4 is 0 Å². The molecule has 0 bridgehead atoms. The number of carboxylic acids is 1. The number of aliphatic carboxylic acids is 1. The molecule has 1 N–H and O–H groups in total. The molecule has 0 aromatic rings. The highest BCUT2D eigenvalue weighted by molar-refractivity contribution is 5.88. The van der Waals surface area contributed by atoms with Gasteiger partial charge in [-0.15, -0.1) is 0 Å². The van der Waals surface area contributed by atoms with Crippen LogP contribution in [-0.2, 0) is 14.4 Å². The Labute approximate surface area is 142 Å². The number of carboxylic acid groups (broad SMARTS) is 1. The summed E-state index contributed by atoms with van der Waals surface area (Å²) in [6, 6.07) is 0. The van der Waals surface area contributed by atoms with Crippen molar-refractivity contribution in [2.45, 2.75) is 38.6 Å². The maximum Gasteiger partial charge on any atom is 0.323 e. The maximum atomic E-state index is 12.4. The van der Waals surface area contributed by atoms with Gasteiger partial charge >= 0.3 is 5.97 Å². The highest BCUT2D eigenvalue weighted by Gasteiger charge is 2.43. The lowest BCUT2D eigenvalue weighted by Crippen LogP contribution is -2.62. The zero-order chi connectivity index (χ0) is 17.9. The second-order valence-corrected chi connectivity index (χ2v) is 7.09. The average molecular weight is 337 g/mol. The number of allylic oxidation sites excluding steroid dienone is 1. The van der Waals surface area contributed by atoms with Crippen LogP contribution in [0.4, 0.5) is 0 Å². The van der Waals surface area contributed by atoms with Gasteiger partial charge in [-0.3, -0.25) is 19.3 Å². The summed E-state index contributed by atoms with van der Waals surface area (Å²) >= 11 is 0. The van der Waals surface area contributed by atoms with E-state index in [0.717, 1.165) is 12.1 Å². The van der Waals surface area contributed by atoms with E-state index < -0.39 is 5.97 Å². The van der Waals surface area contributed by atoms with Gasteiger partial charge in [0.1, 0.15) is 6.54 Å². The molecule has 0 aromatic carbocycles. The maximum absolute atomic E-state index is 12.4. The first-order chi connectivity index (χ1) is 11.2. The minimum atomic E-state index is -0.989. The van der Waals surface area contributed by atoms with Crippen LogP contribution in [0.1, 0.15) is 33.1 Å². The zero-order valence-electron chi connectivity index (χ0n) is 14.7. The molecule has 7 heteroatoms. The van der Waals surface area contributed by atoms with Crippen molar-refractivity contribution in [3.8, 4) is 0 Å². The Kier molecular flexibility index (Phi) is 5.64. The average Bonchev–Trinajstić information content (AvgIpc) is 2.63. The minimum Gasteiger partial charge on any atom is -0.480 e. The molecule has 134 valence electrons. The van der Waals surface area contributed by atoms with Crippen LogP contribution in [0, 0.1) is 0 Å². The van der Waals surface area contributed by atoms with Crippen LogP contribution in [0.25, 0.3) is 0 Å². The molecule has 2 rings (SSSR count). The van der Waals surface area contributed by atoms with Crippen LogP contribution in [0.5, 0.6) is 0 Å². The Balaban J connectivity index is 2.14. The standard InChI is InChI=1S/C17H27N3O4/c1-13(2)10-15(22)20-9-8-18(3)17(12-20)5-4-14(21)19(7-6-17)11-16(23)24/h10H,4-9,11-12H2,1-3H3,(H,23,24). The molecule has 0 aromatic heterocycles. The summed E-state index contributed by atoms with van der Waals surface area (Å²) in [4.78, 5) is 41.0. The van der Waals surface area contributed by atoms with Crippen LogP contribution >= 0.6 is 0 Å². The summed E-state index contributed by atoms with van der Waals surface area (Å²) in [5.41, 5.74) is 0.711. The smallest absolute Gasteiger partial charge is 0.323 e. The third kappa shape index (κ3) is 4.14. The van der Waals surface area contributed by atoms with Crippen LogP contribution in [-0.4, -0.2) is 82.9 Å². The van der Waals surface area contributed by atoms with Gasteiger partial charge in [0.15, 0.2) is 0 Å². The van der Waals surface area contributed by atoms with Crippen molar-refractivity contribution in [3.63, 3.8) is 0 Å². The molecule has 0 radical (unpaired) electrons. The SMILES string of the molecule is CC(C)=CC(=O)N1CCN(C)C2(CCC(=O)N(CC(=O)O)CC2)C1. The minimum absolute atomic E-state index is 0.0143. The van der Waals surface area contributed by atoms with E-state index in [4.69, 9.17) is 5.11 Å². The Bertz CT molecular complexity index is 556. The summed E-state index contributed by atoms with van der Waals surface area (Å²) in [7, 11) is 2.03. The first-order valence-electron chi connectivity index (χ1n) is 8.38. The summed E-state index contributed by atoms with van der Waals surface area (Å²) < 4.78 is 0. The number of carbonyl (C=O) groups excluding carboxylic acids is 2. The van der Waals surface area contributed by atoms with Crippen molar-refractivity contribution >= 4 is 17.8 Å². The quantitative estimate of drug-likeness (QED) is 0.761. The Morgan fingerprint density at radius 3 is 2.54 bits per heavy atom. The summed E-state index contributed by atoms with van der Waals surface area (Å²) in [5.74, 6) is -1.09. The van der Waals surface area contributed by atoms with E-state index in [1.165, 1.54) is 4.90 Å². The molecule has 2 amide bonds. The number of likely N-dealkylation sites (tertiary alicyclic amines) is 1. The van der Waals surface area contributed by atoms with Gasteiger partial charge in [-0.25, -0.2) is 0 Å². The van der Waals surface area contributed by atoms with Crippen LogP contribution in [0.3, 0.4) is 0 Å². The second-order valence-electron chi connectivity index (χ2n) is 7.09. The zero-order valence-corrected chi connectivity index (χ0v) is 14.7. The second kappa shape index (κ2) is 7.34. The molecular formula is C17H27N3O4. The molecule has 2 aliphatic rings. The Morgan fingerprint density at radius 1 is 1.21 bits per heavy atom. The fourth-order valence-corrected chi connectivity index (χ4v) is 3.55. The molecule has 2 fully saturated rings. The summed E-state index contributed by atoms with van der Waals surface area (Å²) in [6.07, 6.45) is 3.30. The van der Waals surface area contributed by atoms with E-state index in [2.05, 4.69) is 4.90 Å². The van der Waals surface area contributed by atoms with Crippen molar-refractivity contribution < 1.29 is 19.5 Å². The van der Waals surface area contributed by atoms with Crippen LogP contribution in [0.15, 0.2) is 11.6 Å². The predicted molar refractivity (Wildman–Crippen MR) is 89.4 cm³/mol. The molecule has 7 nitrogen and oxygen atoms in total. The first-order valence-corrected chi connectivity index (χ1v) is 8.38. The topological polar surface area (TPSA) is 81.2 Å². The van der Waals surface area contributed by atoms with Gasteiger partial charge in [0.05, 0.1) is 0 Å². The molecule has 2 heterocycles. The van der Waals surface area contributed by atoms with Gasteiger partial charge in [-0.2, -0.15) is 0 Å². The fraction of sp³-hybridized carbons (Fsp3) is 0.706. The number of nitrogens with zero attached hydrogens (tertiary/aromatic N) is 3. The lowest BCUT2D eigenvalue weighted by Gasteiger charge is -2.49. The van der Waals surface area contributed by atoms with Crippen molar-refractivity contribution in [1.82, 2.24) is 14.7 Å². The van der Waals surface area contributed by atoms with Gasteiger partial charge in [-0.1, -0.05) is 5.57 Å². The Morgan fingerprint density at radius 2 is 1.92 bits per heavy atom. The molecule has 0 aliphatic carbocycles. The van der Waals surface area contributed by atoms with Crippen LogP contribution in [0.2, 0.25) is 0 Å². The molecule has 1 atom stereocenters. The van der Waals surface area contributed by atoms with E-state index in [9.17, 15) is 14.4 Å². The molecule has 0 saturated carbocycles. The molecular weight excluding hydrogens is 310 g/mol. The highest BCUT2D eigenvalue weighted by Crippen LogP contribution is 2.32. The van der Waals surface area contributed by atoms with Gasteiger partial charge in [0, 0.05) is 44.2 Å². The number of rotatable bonds is 3. The van der Waals surface area contributed by atoms with Crippen molar-refractivity contribution in [3.05, 3.63) is 11.6 Å². The molecule has 2 aliphatic heterocycles. The van der Waals surface area contributed by atoms with Gasteiger partial charge in [0.2, 0.25) is 11.8 Å². The number of carbonyl (C=O) groups is 3. The number of hydrogen-bond acceptors (Lipinski definition) is 4. The third-order valence-corrected chi connectivity index (χ3v) is 5.05. The van der Waals surface area contributed by atoms with E-state index in [-0.39, 0.29) is 23.9 Å². The number of piperazine rings is 1. The molecule has 2 saturated heterocycles. The molecule has 1 unspecified atom stereocenters. The molecule has 1 spiro atoms. The summed E-state index contributed by atoms with van der Waals surface area (Å²) in [5, 5.41) is 8.96. The van der Waals surface area contributed by atoms with Crippen molar-refractivity contribution in [2.75, 3.05) is 39.8 Å². The van der Waals surface area contributed by atoms with Gasteiger partial charge in [-0.05, 0) is 33.7 Å². The molecule has 24 heavy (non-hydrogen) atoms. The predicted octanol–water partition coefficient (Wildman–Crippen LogP) is 0.563. The number of likely N-dealkylation sites (N-methyl/N-ethyl adjacent to an activating group) is 1. The monoisotopic (exact) mass is 337 g/mol. The van der Waals surface area contributed by atoms with E-state index >= 15 is 0 Å². The van der Waals surface area contributed by atoms with Gasteiger partial charge < -0.3 is 14.9 Å². The Hall–Kier alpha value is -1.89. The van der Waals surface area contributed by atoms with E-state index in [0.29, 0.717) is 38.9 Å². The largest absolute Gasteiger partial charge is 0.480 e. The van der Waals surface area contributed by atoms with E-state index in [1.54, 1.807) is 6.08 Å². The lowest BCUT2D eigenvalue weighted by atomic mass is 9.86. The van der Waals surface area contributed by atoms with E-state index in [1.807, 2.05) is 25.8 Å².